The van der Waals surface area contributed by atoms with Crippen molar-refractivity contribution in [3.8, 4) is 0 Å². The van der Waals surface area contributed by atoms with Gasteiger partial charge in [-0.2, -0.15) is 5.10 Å². The van der Waals surface area contributed by atoms with E-state index in [1.165, 1.54) is 17.8 Å². The van der Waals surface area contributed by atoms with E-state index in [4.69, 9.17) is 15.6 Å². The van der Waals surface area contributed by atoms with Crippen molar-refractivity contribution in [1.82, 2.24) is 20.4 Å². The zero-order valence-electron chi connectivity index (χ0n) is 14.5. The maximum Gasteiger partial charge on any atom is 0.221 e. The SMILES string of the molecule is CC(=O)NC1=C/C(=C2\CNCCO2)C=CC1=Nc1cnn(CCO)c1N. The average Bonchev–Trinajstić information content (AvgIpc) is 2.97. The molecule has 1 amide bonds. The number of rotatable bonds is 4. The highest BCUT2D eigenvalue weighted by molar-refractivity contribution is 6.13. The van der Waals surface area contributed by atoms with Crippen LogP contribution < -0.4 is 16.4 Å². The number of carbonyl (C=O) groups excluding carboxylic acids is 1. The van der Waals surface area contributed by atoms with Crippen LogP contribution >= 0.6 is 0 Å². The van der Waals surface area contributed by atoms with Crippen LogP contribution in [0.2, 0.25) is 0 Å². The number of ether oxygens (including phenoxy) is 1. The number of hydrogen-bond donors (Lipinski definition) is 4. The van der Waals surface area contributed by atoms with Crippen molar-refractivity contribution in [2.45, 2.75) is 13.5 Å². The summed E-state index contributed by atoms with van der Waals surface area (Å²) in [5, 5.41) is 19.2. The summed E-state index contributed by atoms with van der Waals surface area (Å²) in [7, 11) is 0. The fourth-order valence-corrected chi connectivity index (χ4v) is 2.66. The maximum atomic E-state index is 11.6. The van der Waals surface area contributed by atoms with Gasteiger partial charge in [-0.15, -0.1) is 0 Å². The van der Waals surface area contributed by atoms with Crippen molar-refractivity contribution in [2.75, 3.05) is 32.0 Å². The Bertz CT molecular complexity index is 810. The number of aliphatic hydroxyl groups excluding tert-OH is 1. The Hall–Kier alpha value is -2.91. The largest absolute Gasteiger partial charge is 0.495 e. The van der Waals surface area contributed by atoms with E-state index in [1.807, 2.05) is 12.2 Å². The molecule has 1 aromatic rings. The zero-order valence-corrected chi connectivity index (χ0v) is 14.5. The standard InChI is InChI=1S/C17H22N6O3/c1-11(25)21-14-8-12(16-10-19-4-7-26-16)2-3-13(14)22-15-9-20-23(5-6-24)17(15)18/h2-3,8-9,19,24H,4-7,10,18H2,1H3,(H,21,25)/b16-12+,22-13?. The van der Waals surface area contributed by atoms with Gasteiger partial charge in [0.25, 0.3) is 0 Å². The van der Waals surface area contributed by atoms with Crippen LogP contribution in [-0.4, -0.2) is 52.8 Å². The van der Waals surface area contributed by atoms with Gasteiger partial charge in [-0.25, -0.2) is 9.67 Å². The summed E-state index contributed by atoms with van der Waals surface area (Å²) in [5.74, 6) is 0.978. The topological polar surface area (TPSA) is 127 Å². The number of amides is 1. The molecule has 0 unspecified atom stereocenters. The first-order valence-electron chi connectivity index (χ1n) is 8.33. The van der Waals surface area contributed by atoms with E-state index in [2.05, 4.69) is 20.7 Å². The number of allylic oxidation sites excluding steroid dienone is 4. The lowest BCUT2D eigenvalue weighted by Crippen LogP contribution is -2.30. The van der Waals surface area contributed by atoms with E-state index >= 15 is 0 Å². The highest BCUT2D eigenvalue weighted by atomic mass is 16.5. The van der Waals surface area contributed by atoms with Crippen LogP contribution in [0.1, 0.15) is 6.92 Å². The van der Waals surface area contributed by atoms with Gasteiger partial charge in [-0.3, -0.25) is 4.79 Å². The molecular formula is C17H22N6O3. The third-order valence-electron chi connectivity index (χ3n) is 3.88. The van der Waals surface area contributed by atoms with E-state index in [-0.39, 0.29) is 12.5 Å². The summed E-state index contributed by atoms with van der Waals surface area (Å²) in [6.07, 6.45) is 7.05. The molecule has 9 heteroatoms. The number of carbonyl (C=O) groups is 1. The first-order chi connectivity index (χ1) is 12.6. The molecular weight excluding hydrogens is 336 g/mol. The van der Waals surface area contributed by atoms with Crippen LogP contribution in [0.15, 0.2) is 46.4 Å². The molecule has 0 bridgehead atoms. The van der Waals surface area contributed by atoms with Gasteiger partial charge in [0.1, 0.15) is 23.9 Å². The average molecular weight is 358 g/mol. The third-order valence-corrected chi connectivity index (χ3v) is 3.88. The number of nitrogens with one attached hydrogen (secondary N) is 2. The van der Waals surface area contributed by atoms with Crippen molar-refractivity contribution in [3.05, 3.63) is 41.5 Å². The molecule has 1 aromatic heterocycles. The molecule has 1 aliphatic carbocycles. The molecule has 0 atom stereocenters. The second kappa shape index (κ2) is 7.98. The zero-order chi connectivity index (χ0) is 18.5. The summed E-state index contributed by atoms with van der Waals surface area (Å²) in [6, 6.07) is 0. The fraction of sp³-hybridized carbons (Fsp3) is 0.353. The van der Waals surface area contributed by atoms with Gasteiger partial charge in [0.15, 0.2) is 0 Å². The molecule has 3 rings (SSSR count). The number of nitrogens with zero attached hydrogens (tertiary/aromatic N) is 3. The predicted molar refractivity (Wildman–Crippen MR) is 97.7 cm³/mol. The Morgan fingerprint density at radius 3 is 3.08 bits per heavy atom. The fourth-order valence-electron chi connectivity index (χ4n) is 2.66. The van der Waals surface area contributed by atoms with E-state index in [0.717, 1.165) is 17.9 Å². The number of nitrogen functional groups attached to an aromatic ring is 1. The van der Waals surface area contributed by atoms with Crippen molar-refractivity contribution in [1.29, 1.82) is 0 Å². The minimum Gasteiger partial charge on any atom is -0.495 e. The first kappa shape index (κ1) is 17.9. The molecule has 1 saturated heterocycles. The van der Waals surface area contributed by atoms with Gasteiger partial charge in [0, 0.05) is 19.0 Å². The lowest BCUT2D eigenvalue weighted by atomic mass is 10.0. The molecule has 0 aromatic carbocycles. The second-order valence-electron chi connectivity index (χ2n) is 5.84. The molecule has 1 aliphatic heterocycles. The number of hydrogen-bond acceptors (Lipinski definition) is 7. The van der Waals surface area contributed by atoms with Crippen LogP contribution in [0, 0.1) is 0 Å². The van der Waals surface area contributed by atoms with E-state index in [1.54, 1.807) is 6.08 Å². The van der Waals surface area contributed by atoms with Crippen LogP contribution in [-0.2, 0) is 16.1 Å². The molecule has 0 saturated carbocycles. The van der Waals surface area contributed by atoms with Gasteiger partial charge in [0.05, 0.1) is 37.3 Å². The number of anilines is 1. The molecule has 2 heterocycles. The monoisotopic (exact) mass is 358 g/mol. The van der Waals surface area contributed by atoms with Crippen molar-refractivity contribution in [2.24, 2.45) is 4.99 Å². The van der Waals surface area contributed by atoms with Crippen LogP contribution in [0.5, 0.6) is 0 Å². The number of aromatic nitrogens is 2. The number of morpholine rings is 1. The highest BCUT2D eigenvalue weighted by Crippen LogP contribution is 2.25. The molecule has 26 heavy (non-hydrogen) atoms. The Kier molecular flexibility index (Phi) is 5.49. The first-order valence-corrected chi connectivity index (χ1v) is 8.33. The normalized spacial score (nSPS) is 21.5. The molecule has 1 fully saturated rings. The van der Waals surface area contributed by atoms with Gasteiger partial charge >= 0.3 is 0 Å². The third kappa shape index (κ3) is 4.01. The van der Waals surface area contributed by atoms with E-state index in [0.29, 0.717) is 42.6 Å². The molecule has 0 radical (unpaired) electrons. The van der Waals surface area contributed by atoms with Gasteiger partial charge in [-0.05, 0) is 18.2 Å². The van der Waals surface area contributed by atoms with Gasteiger partial charge < -0.3 is 26.2 Å². The van der Waals surface area contributed by atoms with Crippen LogP contribution in [0.4, 0.5) is 11.5 Å². The molecule has 2 aliphatic rings. The van der Waals surface area contributed by atoms with Gasteiger partial charge in [0.2, 0.25) is 5.91 Å². The highest BCUT2D eigenvalue weighted by Gasteiger charge is 2.17. The van der Waals surface area contributed by atoms with Crippen LogP contribution in [0.25, 0.3) is 0 Å². The van der Waals surface area contributed by atoms with E-state index in [9.17, 15) is 4.79 Å². The summed E-state index contributed by atoms with van der Waals surface area (Å²) in [6.45, 7) is 3.72. The summed E-state index contributed by atoms with van der Waals surface area (Å²) in [4.78, 5) is 16.1. The lowest BCUT2D eigenvalue weighted by Gasteiger charge is -2.21. The van der Waals surface area contributed by atoms with Crippen molar-refractivity contribution >= 4 is 23.1 Å². The Morgan fingerprint density at radius 1 is 1.54 bits per heavy atom. The Labute approximate surface area is 150 Å². The summed E-state index contributed by atoms with van der Waals surface area (Å²) >= 11 is 0. The second-order valence-corrected chi connectivity index (χ2v) is 5.84. The summed E-state index contributed by atoms with van der Waals surface area (Å²) < 4.78 is 7.16. The van der Waals surface area contributed by atoms with Crippen molar-refractivity contribution < 1.29 is 14.6 Å². The molecule has 5 N–H and O–H groups in total. The molecule has 138 valence electrons. The summed E-state index contributed by atoms with van der Waals surface area (Å²) in [5.41, 5.74) is 8.48. The Morgan fingerprint density at radius 2 is 2.38 bits per heavy atom. The van der Waals surface area contributed by atoms with Crippen LogP contribution in [0.3, 0.4) is 0 Å². The van der Waals surface area contributed by atoms with Gasteiger partial charge in [-0.1, -0.05) is 0 Å². The molecule has 9 nitrogen and oxygen atoms in total. The quantitative estimate of drug-likeness (QED) is 0.600. The number of aliphatic hydroxyl groups is 1. The molecule has 0 spiro atoms. The minimum atomic E-state index is -0.199. The predicted octanol–water partition coefficient (Wildman–Crippen LogP) is -0.00620. The Balaban J connectivity index is 1.94. The lowest BCUT2D eigenvalue weighted by molar-refractivity contribution is -0.118. The maximum absolute atomic E-state index is 11.6. The van der Waals surface area contributed by atoms with Crippen molar-refractivity contribution in [3.63, 3.8) is 0 Å². The number of nitrogens with two attached hydrogens (primary N) is 1. The minimum absolute atomic E-state index is 0.0657. The van der Waals surface area contributed by atoms with E-state index < -0.39 is 0 Å². The smallest absolute Gasteiger partial charge is 0.221 e. The number of aliphatic imine (C=N–C) groups is 1.